The van der Waals surface area contributed by atoms with Crippen molar-refractivity contribution < 1.29 is 5.11 Å². The maximum absolute atomic E-state index is 10.2. The second-order valence-electron chi connectivity index (χ2n) is 5.15. The number of aliphatic hydroxyl groups excluding tert-OH is 1. The largest absolute Gasteiger partial charge is 0.388 e. The van der Waals surface area contributed by atoms with Crippen LogP contribution in [0, 0.1) is 15.4 Å². The van der Waals surface area contributed by atoms with Crippen LogP contribution in [0.1, 0.15) is 45.3 Å². The van der Waals surface area contributed by atoms with Crippen molar-refractivity contribution in [3.05, 3.63) is 32.4 Å². The number of hydrogen-bond acceptors (Lipinski definition) is 1. The van der Waals surface area contributed by atoms with Gasteiger partial charge in [-0.15, -0.1) is 0 Å². The molecule has 2 unspecified atom stereocenters. The van der Waals surface area contributed by atoms with Crippen LogP contribution in [0.15, 0.2) is 18.2 Å². The molecule has 1 nitrogen and oxygen atoms in total. The summed E-state index contributed by atoms with van der Waals surface area (Å²) in [6.07, 6.45) is 1.54. The lowest BCUT2D eigenvalue weighted by atomic mass is 9.91. The van der Waals surface area contributed by atoms with Gasteiger partial charge >= 0.3 is 0 Å². The number of halogens is 2. The molecule has 0 saturated carbocycles. The van der Waals surface area contributed by atoms with E-state index in [1.165, 1.54) is 0 Å². The predicted molar refractivity (Wildman–Crippen MR) is 82.4 cm³/mol. The molecule has 96 valence electrons. The fraction of sp³-hybridized carbons (Fsp3) is 0.571. The molecule has 1 aromatic rings. The average molecular weight is 367 g/mol. The zero-order chi connectivity index (χ0) is 13.0. The highest BCUT2D eigenvalue weighted by molar-refractivity contribution is 14.1. The first kappa shape index (κ1) is 15.3. The van der Waals surface area contributed by atoms with Gasteiger partial charge in [-0.25, -0.2) is 0 Å². The lowest BCUT2D eigenvalue weighted by Gasteiger charge is -2.19. The van der Waals surface area contributed by atoms with Gasteiger partial charge in [-0.3, -0.25) is 0 Å². The van der Waals surface area contributed by atoms with Gasteiger partial charge in [-0.05, 0) is 71.0 Å². The number of benzene rings is 1. The van der Waals surface area contributed by atoms with Crippen molar-refractivity contribution in [2.75, 3.05) is 0 Å². The monoisotopic (exact) mass is 366 g/mol. The van der Waals surface area contributed by atoms with E-state index in [0.717, 1.165) is 22.0 Å². The average Bonchev–Trinajstić information content (AvgIpc) is 2.20. The molecule has 0 fully saturated rings. The van der Waals surface area contributed by atoms with Crippen LogP contribution in [-0.4, -0.2) is 5.11 Å². The Morgan fingerprint density at radius 2 is 1.88 bits per heavy atom. The quantitative estimate of drug-likeness (QED) is 0.723. The minimum atomic E-state index is -0.408. The van der Waals surface area contributed by atoms with Gasteiger partial charge < -0.3 is 5.11 Å². The van der Waals surface area contributed by atoms with Crippen molar-refractivity contribution in [1.29, 1.82) is 0 Å². The minimum absolute atomic E-state index is 0.408. The lowest BCUT2D eigenvalue weighted by Crippen LogP contribution is -2.08. The summed E-state index contributed by atoms with van der Waals surface area (Å²) in [6.45, 7) is 6.62. The molecule has 17 heavy (non-hydrogen) atoms. The van der Waals surface area contributed by atoms with Crippen molar-refractivity contribution in [3.8, 4) is 0 Å². The third kappa shape index (κ3) is 5.14. The molecular formula is C14H20ClIO. The summed E-state index contributed by atoms with van der Waals surface area (Å²) in [4.78, 5) is 0. The van der Waals surface area contributed by atoms with Crippen molar-refractivity contribution in [3.63, 3.8) is 0 Å². The van der Waals surface area contributed by atoms with E-state index < -0.39 is 6.10 Å². The molecule has 0 saturated heterocycles. The maximum Gasteiger partial charge on any atom is 0.0803 e. The van der Waals surface area contributed by atoms with E-state index in [1.807, 2.05) is 18.2 Å². The molecule has 0 aliphatic rings. The molecule has 2 atom stereocenters. The molecule has 0 radical (unpaired) electrons. The molecule has 1 aromatic carbocycles. The molecule has 0 heterocycles. The Kier molecular flexibility index (Phi) is 6.24. The molecule has 0 aromatic heterocycles. The molecule has 0 spiro atoms. The van der Waals surface area contributed by atoms with Crippen LogP contribution < -0.4 is 0 Å². The van der Waals surface area contributed by atoms with Gasteiger partial charge in [-0.2, -0.15) is 0 Å². The summed E-state index contributed by atoms with van der Waals surface area (Å²) in [7, 11) is 0. The second-order valence-corrected chi connectivity index (χ2v) is 6.75. The van der Waals surface area contributed by atoms with E-state index in [4.69, 9.17) is 11.6 Å². The van der Waals surface area contributed by atoms with Gasteiger partial charge in [0.05, 0.1) is 6.10 Å². The summed E-state index contributed by atoms with van der Waals surface area (Å²) in [5.41, 5.74) is 0.953. The Balaban J connectivity index is 2.69. The van der Waals surface area contributed by atoms with Gasteiger partial charge in [0.25, 0.3) is 0 Å². The van der Waals surface area contributed by atoms with Gasteiger partial charge in [0, 0.05) is 8.59 Å². The Hall–Kier alpha value is 0.200. The third-order valence-electron chi connectivity index (χ3n) is 2.82. The van der Waals surface area contributed by atoms with Crippen molar-refractivity contribution in [1.82, 2.24) is 0 Å². The van der Waals surface area contributed by atoms with Gasteiger partial charge in [-0.1, -0.05) is 32.4 Å². The molecule has 1 N–H and O–H groups in total. The lowest BCUT2D eigenvalue weighted by molar-refractivity contribution is 0.141. The second kappa shape index (κ2) is 6.95. The summed E-state index contributed by atoms with van der Waals surface area (Å²) < 4.78 is 1.08. The highest BCUT2D eigenvalue weighted by Gasteiger charge is 2.16. The highest BCUT2D eigenvalue weighted by Crippen LogP contribution is 2.29. The molecule has 0 aliphatic carbocycles. The standard InChI is InChI=1S/C14H20ClIO/c1-9(2)6-10(3)7-14(17)12-8-11(15)4-5-13(12)16/h4-5,8-10,14,17H,6-7H2,1-3H3. The Morgan fingerprint density at radius 1 is 1.24 bits per heavy atom. The summed E-state index contributed by atoms with van der Waals surface area (Å²) in [5.74, 6) is 1.20. The topological polar surface area (TPSA) is 20.2 Å². The van der Waals surface area contributed by atoms with Crippen LogP contribution >= 0.6 is 34.2 Å². The van der Waals surface area contributed by atoms with Gasteiger partial charge in [0.1, 0.15) is 0 Å². The van der Waals surface area contributed by atoms with E-state index in [9.17, 15) is 5.11 Å². The Labute approximate surface area is 123 Å². The zero-order valence-electron chi connectivity index (χ0n) is 10.6. The zero-order valence-corrected chi connectivity index (χ0v) is 13.5. The predicted octanol–water partition coefficient (Wildman–Crippen LogP) is 5.05. The van der Waals surface area contributed by atoms with Crippen molar-refractivity contribution in [2.24, 2.45) is 11.8 Å². The SMILES string of the molecule is CC(C)CC(C)CC(O)c1cc(Cl)ccc1I. The first-order valence-electron chi connectivity index (χ1n) is 6.03. The number of hydrogen-bond donors (Lipinski definition) is 1. The van der Waals surface area contributed by atoms with Crippen LogP contribution in [0.4, 0.5) is 0 Å². The minimum Gasteiger partial charge on any atom is -0.388 e. The maximum atomic E-state index is 10.2. The fourth-order valence-corrected chi connectivity index (χ4v) is 3.05. The van der Waals surface area contributed by atoms with Crippen LogP contribution in [-0.2, 0) is 0 Å². The van der Waals surface area contributed by atoms with Crippen LogP contribution in [0.2, 0.25) is 5.02 Å². The number of rotatable bonds is 5. The first-order valence-corrected chi connectivity index (χ1v) is 7.48. The Bertz CT molecular complexity index is 365. The molecule has 0 aliphatic heterocycles. The molecule has 3 heteroatoms. The van der Waals surface area contributed by atoms with Crippen molar-refractivity contribution >= 4 is 34.2 Å². The normalized spacial score (nSPS) is 15.0. The van der Waals surface area contributed by atoms with E-state index in [-0.39, 0.29) is 0 Å². The number of aliphatic hydroxyl groups is 1. The van der Waals surface area contributed by atoms with Gasteiger partial charge in [0.2, 0.25) is 0 Å². The summed E-state index contributed by atoms with van der Waals surface area (Å²) in [6, 6.07) is 5.68. The molecule has 1 rings (SSSR count). The fourth-order valence-electron chi connectivity index (χ4n) is 2.18. The highest BCUT2D eigenvalue weighted by atomic mass is 127. The first-order chi connectivity index (χ1) is 7.90. The van der Waals surface area contributed by atoms with Gasteiger partial charge in [0.15, 0.2) is 0 Å². The van der Waals surface area contributed by atoms with Crippen molar-refractivity contribution in [2.45, 2.75) is 39.7 Å². The smallest absolute Gasteiger partial charge is 0.0803 e. The van der Waals surface area contributed by atoms with E-state index in [1.54, 1.807) is 0 Å². The third-order valence-corrected chi connectivity index (χ3v) is 4.03. The molecular weight excluding hydrogens is 347 g/mol. The van der Waals surface area contributed by atoms with Crippen LogP contribution in [0.25, 0.3) is 0 Å². The van der Waals surface area contributed by atoms with Crippen LogP contribution in [0.3, 0.4) is 0 Å². The Morgan fingerprint density at radius 3 is 2.47 bits per heavy atom. The summed E-state index contributed by atoms with van der Waals surface area (Å²) in [5, 5.41) is 10.9. The summed E-state index contributed by atoms with van der Waals surface area (Å²) >= 11 is 8.21. The molecule has 0 amide bonds. The molecule has 0 bridgehead atoms. The van der Waals surface area contributed by atoms with Crippen LogP contribution in [0.5, 0.6) is 0 Å². The van der Waals surface area contributed by atoms with E-state index >= 15 is 0 Å². The van der Waals surface area contributed by atoms with E-state index in [2.05, 4.69) is 43.4 Å². The van der Waals surface area contributed by atoms with E-state index in [0.29, 0.717) is 16.9 Å².